The molecule has 0 amide bonds. The van der Waals surface area contributed by atoms with Gasteiger partial charge in [0.05, 0.1) is 13.1 Å². The van der Waals surface area contributed by atoms with Crippen LogP contribution in [0.2, 0.25) is 0 Å². The number of nitriles is 1. The Kier molecular flexibility index (Phi) is 1.66. The molecule has 0 bridgehead atoms. The highest BCUT2D eigenvalue weighted by molar-refractivity contribution is 5.84. The van der Waals surface area contributed by atoms with Crippen molar-refractivity contribution in [3.05, 3.63) is 54.1 Å². The van der Waals surface area contributed by atoms with Crippen molar-refractivity contribution >= 4 is 10.8 Å². The van der Waals surface area contributed by atoms with E-state index < -0.39 is 0 Å². The van der Waals surface area contributed by atoms with Crippen LogP contribution < -0.4 is 0 Å². The van der Waals surface area contributed by atoms with Crippen molar-refractivity contribution in [1.82, 2.24) is 4.90 Å². The normalized spacial score (nSPS) is 13.9. The van der Waals surface area contributed by atoms with Crippen LogP contribution in [0.15, 0.2) is 36.4 Å². The second-order valence-corrected chi connectivity index (χ2v) is 3.76. The van der Waals surface area contributed by atoms with Crippen molar-refractivity contribution in [3.8, 4) is 6.19 Å². The molecule has 2 nitrogen and oxygen atoms in total. The Morgan fingerprint density at radius 2 is 1.87 bits per heavy atom. The molecular weight excluding hydrogens is 184 g/mol. The minimum absolute atomic E-state index is 0.705. The summed E-state index contributed by atoms with van der Waals surface area (Å²) in [6.45, 7) is 2.61. The Labute approximate surface area is 88.4 Å². The first kappa shape index (κ1) is 8.31. The summed E-state index contributed by atoms with van der Waals surface area (Å²) in [5.41, 5.74) is 2.39. The molecule has 0 N–H and O–H groups in total. The number of hydrogen-bond acceptors (Lipinski definition) is 2. The van der Waals surface area contributed by atoms with Gasteiger partial charge in [0.15, 0.2) is 6.19 Å². The highest BCUT2D eigenvalue weighted by Crippen LogP contribution is 2.28. The monoisotopic (exact) mass is 193 g/mol. The van der Waals surface area contributed by atoms with E-state index in [1.165, 1.54) is 16.3 Å². The topological polar surface area (TPSA) is 27.0 Å². The molecule has 1 radical (unpaired) electrons. The average molecular weight is 193 g/mol. The molecule has 2 heteroatoms. The first-order valence-electron chi connectivity index (χ1n) is 4.90. The van der Waals surface area contributed by atoms with Crippen molar-refractivity contribution in [2.24, 2.45) is 0 Å². The van der Waals surface area contributed by atoms with Crippen LogP contribution >= 0.6 is 0 Å². The van der Waals surface area contributed by atoms with E-state index in [2.05, 4.69) is 30.5 Å². The molecule has 3 rings (SSSR count). The number of nitrogens with zero attached hydrogens (tertiary/aromatic N) is 2. The molecule has 0 saturated carbocycles. The number of hydrogen-bond donors (Lipinski definition) is 0. The Balaban J connectivity index is 2.19. The Hall–Kier alpha value is -2.01. The zero-order chi connectivity index (χ0) is 10.3. The summed E-state index contributed by atoms with van der Waals surface area (Å²) in [7, 11) is 0. The second-order valence-electron chi connectivity index (χ2n) is 3.76. The lowest BCUT2D eigenvalue weighted by molar-refractivity contribution is 0.514. The van der Waals surface area contributed by atoms with Gasteiger partial charge in [-0.3, -0.25) is 4.90 Å². The zero-order valence-corrected chi connectivity index (χ0v) is 8.14. The fourth-order valence-electron chi connectivity index (χ4n) is 2.02. The summed E-state index contributed by atoms with van der Waals surface area (Å²) in [6, 6.07) is 12.6. The van der Waals surface area contributed by atoms with E-state index in [4.69, 9.17) is 5.26 Å². The van der Waals surface area contributed by atoms with Crippen LogP contribution in [0.1, 0.15) is 11.1 Å². The molecule has 2 aromatic carbocycles. The fourth-order valence-corrected chi connectivity index (χ4v) is 2.02. The highest BCUT2D eigenvalue weighted by atomic mass is 15.1. The van der Waals surface area contributed by atoms with Crippen LogP contribution in [0.4, 0.5) is 0 Å². The molecule has 0 unspecified atom stereocenters. The van der Waals surface area contributed by atoms with E-state index in [-0.39, 0.29) is 0 Å². The molecule has 0 fully saturated rings. The van der Waals surface area contributed by atoms with Gasteiger partial charge in [0.25, 0.3) is 0 Å². The van der Waals surface area contributed by atoms with Crippen molar-refractivity contribution in [2.75, 3.05) is 0 Å². The maximum atomic E-state index is 8.82. The fraction of sp³-hybridized carbons (Fsp3) is 0.0769. The lowest BCUT2D eigenvalue weighted by Crippen LogP contribution is -2.04. The quantitative estimate of drug-likeness (QED) is 0.601. The lowest BCUT2D eigenvalue weighted by Gasteiger charge is -2.00. The van der Waals surface area contributed by atoms with Gasteiger partial charge in [0.2, 0.25) is 0 Å². The maximum absolute atomic E-state index is 8.82. The summed E-state index contributed by atoms with van der Waals surface area (Å²) in [5, 5.41) is 11.3. The second kappa shape index (κ2) is 2.99. The molecule has 1 aliphatic heterocycles. The third kappa shape index (κ3) is 1.25. The Bertz CT molecular complexity index is 522. The van der Waals surface area contributed by atoms with Gasteiger partial charge >= 0.3 is 0 Å². The van der Waals surface area contributed by atoms with Gasteiger partial charge in [0.1, 0.15) is 0 Å². The van der Waals surface area contributed by atoms with Gasteiger partial charge in [-0.15, -0.1) is 0 Å². The molecule has 0 saturated heterocycles. The van der Waals surface area contributed by atoms with Gasteiger partial charge in [-0.2, -0.15) is 5.26 Å². The smallest absolute Gasteiger partial charge is 0.180 e. The summed E-state index contributed by atoms with van der Waals surface area (Å²) in [5.74, 6) is 0. The molecule has 1 aliphatic rings. The number of fused-ring (bicyclic) bond motifs is 2. The molecule has 0 atom stereocenters. The van der Waals surface area contributed by atoms with E-state index >= 15 is 0 Å². The van der Waals surface area contributed by atoms with Gasteiger partial charge in [0, 0.05) is 0 Å². The molecule has 2 aromatic rings. The van der Waals surface area contributed by atoms with Crippen molar-refractivity contribution in [2.45, 2.75) is 6.54 Å². The number of rotatable bonds is 0. The SMILES string of the molecule is N#CN1[CH]c2cc3ccccc3cc2C1. The Morgan fingerprint density at radius 3 is 2.60 bits per heavy atom. The molecule has 0 aromatic heterocycles. The van der Waals surface area contributed by atoms with Gasteiger partial charge < -0.3 is 0 Å². The standard InChI is InChI=1S/C13H9N2/c14-9-15-7-12-5-10-3-1-2-4-11(10)6-13(12)8-15/h1-7H,8H2. The summed E-state index contributed by atoms with van der Waals surface area (Å²) in [6.07, 6.45) is 2.14. The molecule has 0 spiro atoms. The van der Waals surface area contributed by atoms with E-state index in [0.717, 1.165) is 5.56 Å². The van der Waals surface area contributed by atoms with Gasteiger partial charge in [-0.25, -0.2) is 0 Å². The first-order valence-corrected chi connectivity index (χ1v) is 4.90. The van der Waals surface area contributed by atoms with Gasteiger partial charge in [-0.1, -0.05) is 24.3 Å². The highest BCUT2D eigenvalue weighted by Gasteiger charge is 2.18. The third-order valence-corrected chi connectivity index (χ3v) is 2.77. The van der Waals surface area contributed by atoms with E-state index in [1.807, 2.05) is 18.7 Å². The van der Waals surface area contributed by atoms with Crippen LogP contribution in [0.25, 0.3) is 10.8 Å². The minimum Gasteiger partial charge on any atom is -0.296 e. The first-order chi connectivity index (χ1) is 7.36. The summed E-state index contributed by atoms with van der Waals surface area (Å²) >= 11 is 0. The number of benzene rings is 2. The predicted octanol–water partition coefficient (Wildman–Crippen LogP) is 2.65. The third-order valence-electron chi connectivity index (χ3n) is 2.77. The summed E-state index contributed by atoms with van der Waals surface area (Å²) in [4.78, 5) is 1.66. The van der Waals surface area contributed by atoms with Crippen molar-refractivity contribution < 1.29 is 0 Å². The average Bonchev–Trinajstić information content (AvgIpc) is 2.67. The largest absolute Gasteiger partial charge is 0.296 e. The summed E-state index contributed by atoms with van der Waals surface area (Å²) < 4.78 is 0. The lowest BCUT2D eigenvalue weighted by atomic mass is 10.0. The van der Waals surface area contributed by atoms with Crippen LogP contribution in [0, 0.1) is 18.0 Å². The van der Waals surface area contributed by atoms with E-state index in [1.54, 1.807) is 4.90 Å². The molecule has 1 heterocycles. The molecule has 0 aliphatic carbocycles. The van der Waals surface area contributed by atoms with Crippen molar-refractivity contribution in [3.63, 3.8) is 0 Å². The van der Waals surface area contributed by atoms with Crippen LogP contribution in [-0.2, 0) is 6.54 Å². The van der Waals surface area contributed by atoms with Crippen LogP contribution in [-0.4, -0.2) is 4.90 Å². The van der Waals surface area contributed by atoms with E-state index in [9.17, 15) is 0 Å². The molecule has 71 valence electrons. The Morgan fingerprint density at radius 1 is 1.13 bits per heavy atom. The zero-order valence-electron chi connectivity index (χ0n) is 8.14. The molecule has 15 heavy (non-hydrogen) atoms. The van der Waals surface area contributed by atoms with Crippen LogP contribution in [0.3, 0.4) is 0 Å². The van der Waals surface area contributed by atoms with E-state index in [0.29, 0.717) is 6.54 Å². The minimum atomic E-state index is 0.705. The maximum Gasteiger partial charge on any atom is 0.180 e. The predicted molar refractivity (Wildman–Crippen MR) is 58.5 cm³/mol. The van der Waals surface area contributed by atoms with Crippen molar-refractivity contribution in [1.29, 1.82) is 5.26 Å². The molecular formula is C13H9N2. The van der Waals surface area contributed by atoms with Gasteiger partial charge in [-0.05, 0) is 34.0 Å². The van der Waals surface area contributed by atoms with Crippen LogP contribution in [0.5, 0.6) is 0 Å².